The summed E-state index contributed by atoms with van der Waals surface area (Å²) in [4.78, 5) is 5.62. The molecule has 2 nitrogen and oxygen atoms in total. The van der Waals surface area contributed by atoms with Crippen molar-refractivity contribution < 1.29 is 0 Å². The molecule has 1 unspecified atom stereocenters. The van der Waals surface area contributed by atoms with Crippen LogP contribution in [-0.2, 0) is 13.1 Å². The van der Waals surface area contributed by atoms with Crippen molar-refractivity contribution in [3.8, 4) is 0 Å². The highest BCUT2D eigenvalue weighted by molar-refractivity contribution is 7.11. The van der Waals surface area contributed by atoms with Gasteiger partial charge >= 0.3 is 0 Å². The van der Waals surface area contributed by atoms with Crippen LogP contribution >= 0.6 is 11.3 Å². The number of thiophene rings is 1. The number of nitrogens with zero attached hydrogens (tertiary/aromatic N) is 1. The molecule has 1 aliphatic rings. The summed E-state index contributed by atoms with van der Waals surface area (Å²) in [6, 6.07) is 5.32. The maximum absolute atomic E-state index is 3.22. The van der Waals surface area contributed by atoms with Crippen molar-refractivity contribution in [1.29, 1.82) is 0 Å². The molecule has 1 aliphatic heterocycles. The molecule has 0 aromatic carbocycles. The van der Waals surface area contributed by atoms with Crippen molar-refractivity contribution in [2.45, 2.75) is 51.7 Å². The van der Waals surface area contributed by atoms with Crippen molar-refractivity contribution in [2.75, 3.05) is 13.6 Å². The van der Waals surface area contributed by atoms with Crippen molar-refractivity contribution in [3.05, 3.63) is 21.9 Å². The van der Waals surface area contributed by atoms with Crippen LogP contribution in [-0.4, -0.2) is 24.5 Å². The lowest BCUT2D eigenvalue weighted by molar-refractivity contribution is 0.207. The van der Waals surface area contributed by atoms with Crippen LogP contribution in [0.25, 0.3) is 0 Å². The SMILES string of the molecule is CNCc1ccc(CN2CCCCCC2C)s1. The molecule has 2 heterocycles. The van der Waals surface area contributed by atoms with Gasteiger partial charge in [0.15, 0.2) is 0 Å². The second-order valence-corrected chi connectivity index (χ2v) is 6.32. The molecule has 0 bridgehead atoms. The Balaban J connectivity index is 1.93. The zero-order chi connectivity index (χ0) is 12.1. The van der Waals surface area contributed by atoms with E-state index in [0.29, 0.717) is 0 Å². The largest absolute Gasteiger partial charge is 0.315 e. The molecule has 1 aromatic rings. The van der Waals surface area contributed by atoms with Crippen LogP contribution in [0.4, 0.5) is 0 Å². The third kappa shape index (κ3) is 3.80. The molecule has 1 N–H and O–H groups in total. The fourth-order valence-electron chi connectivity index (χ4n) is 2.55. The number of nitrogens with one attached hydrogen (secondary N) is 1. The summed E-state index contributed by atoms with van der Waals surface area (Å²) in [7, 11) is 2.01. The molecule has 0 radical (unpaired) electrons. The molecule has 2 rings (SSSR count). The second-order valence-electron chi connectivity index (χ2n) is 5.07. The maximum atomic E-state index is 3.22. The monoisotopic (exact) mass is 252 g/mol. The fourth-order valence-corrected chi connectivity index (χ4v) is 3.60. The molecule has 0 amide bonds. The number of rotatable bonds is 4. The van der Waals surface area contributed by atoms with Gasteiger partial charge in [-0.3, -0.25) is 4.90 Å². The normalized spacial score (nSPS) is 22.6. The molecule has 0 spiro atoms. The lowest BCUT2D eigenvalue weighted by Gasteiger charge is -2.26. The number of likely N-dealkylation sites (tertiary alicyclic amines) is 1. The van der Waals surface area contributed by atoms with E-state index in [1.165, 1.54) is 42.0 Å². The van der Waals surface area contributed by atoms with E-state index in [-0.39, 0.29) is 0 Å². The number of hydrogen-bond donors (Lipinski definition) is 1. The second kappa shape index (κ2) is 6.53. The summed E-state index contributed by atoms with van der Waals surface area (Å²) in [6.07, 6.45) is 5.57. The quantitative estimate of drug-likeness (QED) is 0.885. The van der Waals surface area contributed by atoms with Gasteiger partial charge in [-0.15, -0.1) is 11.3 Å². The summed E-state index contributed by atoms with van der Waals surface area (Å²) in [5, 5.41) is 3.22. The van der Waals surface area contributed by atoms with Gasteiger partial charge in [0, 0.05) is 28.9 Å². The molecule has 0 aliphatic carbocycles. The molecule has 1 aromatic heterocycles. The Bertz CT molecular complexity index is 335. The van der Waals surface area contributed by atoms with Crippen LogP contribution in [0, 0.1) is 0 Å². The Labute approximate surface area is 109 Å². The summed E-state index contributed by atoms with van der Waals surface area (Å²) < 4.78 is 0. The van der Waals surface area contributed by atoms with Crippen LogP contribution < -0.4 is 5.32 Å². The van der Waals surface area contributed by atoms with Crippen molar-refractivity contribution in [2.24, 2.45) is 0 Å². The van der Waals surface area contributed by atoms with Gasteiger partial charge in [-0.1, -0.05) is 12.8 Å². The summed E-state index contributed by atoms with van der Waals surface area (Å²) in [5.41, 5.74) is 0. The first-order valence-corrected chi connectivity index (χ1v) is 7.57. The van der Waals surface area contributed by atoms with E-state index in [2.05, 4.69) is 29.3 Å². The van der Waals surface area contributed by atoms with E-state index in [9.17, 15) is 0 Å². The van der Waals surface area contributed by atoms with Crippen molar-refractivity contribution >= 4 is 11.3 Å². The molecule has 1 saturated heterocycles. The molecule has 0 saturated carbocycles. The van der Waals surface area contributed by atoms with Gasteiger partial charge in [0.05, 0.1) is 0 Å². The predicted octanol–water partition coefficient (Wildman–Crippen LogP) is 3.23. The van der Waals surface area contributed by atoms with E-state index in [4.69, 9.17) is 0 Å². The Morgan fingerprint density at radius 3 is 2.94 bits per heavy atom. The highest BCUT2D eigenvalue weighted by Gasteiger charge is 2.17. The molecule has 17 heavy (non-hydrogen) atoms. The topological polar surface area (TPSA) is 15.3 Å². The van der Waals surface area contributed by atoms with Gasteiger partial charge in [-0.05, 0) is 45.5 Å². The molecule has 1 atom stereocenters. The average molecular weight is 252 g/mol. The first-order chi connectivity index (χ1) is 8.29. The highest BCUT2D eigenvalue weighted by Crippen LogP contribution is 2.23. The minimum atomic E-state index is 0.757. The molecule has 96 valence electrons. The lowest BCUT2D eigenvalue weighted by Crippen LogP contribution is -2.31. The summed E-state index contributed by atoms with van der Waals surface area (Å²) in [5.74, 6) is 0. The van der Waals surface area contributed by atoms with E-state index in [1.54, 1.807) is 0 Å². The first kappa shape index (κ1) is 13.1. The summed E-state index contributed by atoms with van der Waals surface area (Å²) in [6.45, 7) is 5.81. The average Bonchev–Trinajstić information content (AvgIpc) is 2.65. The lowest BCUT2D eigenvalue weighted by atomic mass is 10.1. The van der Waals surface area contributed by atoms with E-state index in [1.807, 2.05) is 18.4 Å². The Morgan fingerprint density at radius 1 is 1.29 bits per heavy atom. The Hall–Kier alpha value is -0.380. The minimum Gasteiger partial charge on any atom is -0.315 e. The van der Waals surface area contributed by atoms with Gasteiger partial charge in [-0.25, -0.2) is 0 Å². The van der Waals surface area contributed by atoms with Crippen molar-refractivity contribution in [1.82, 2.24) is 10.2 Å². The van der Waals surface area contributed by atoms with E-state index in [0.717, 1.165) is 19.1 Å². The minimum absolute atomic E-state index is 0.757. The van der Waals surface area contributed by atoms with Gasteiger partial charge in [-0.2, -0.15) is 0 Å². The molecule has 3 heteroatoms. The predicted molar refractivity (Wildman–Crippen MR) is 75.4 cm³/mol. The van der Waals surface area contributed by atoms with Gasteiger partial charge in [0.1, 0.15) is 0 Å². The maximum Gasteiger partial charge on any atom is 0.0330 e. The van der Waals surface area contributed by atoms with Gasteiger partial charge < -0.3 is 5.32 Å². The smallest absolute Gasteiger partial charge is 0.0330 e. The van der Waals surface area contributed by atoms with Crippen LogP contribution in [0.1, 0.15) is 42.4 Å². The van der Waals surface area contributed by atoms with Crippen LogP contribution in [0.5, 0.6) is 0 Å². The van der Waals surface area contributed by atoms with E-state index < -0.39 is 0 Å². The van der Waals surface area contributed by atoms with Gasteiger partial charge in [0.2, 0.25) is 0 Å². The van der Waals surface area contributed by atoms with Crippen LogP contribution in [0.15, 0.2) is 12.1 Å². The van der Waals surface area contributed by atoms with Crippen LogP contribution in [0.3, 0.4) is 0 Å². The fraction of sp³-hybridized carbons (Fsp3) is 0.714. The first-order valence-electron chi connectivity index (χ1n) is 6.76. The zero-order valence-electron chi connectivity index (χ0n) is 11.0. The Morgan fingerprint density at radius 2 is 2.12 bits per heavy atom. The third-order valence-corrected chi connectivity index (χ3v) is 4.69. The van der Waals surface area contributed by atoms with Crippen LogP contribution in [0.2, 0.25) is 0 Å². The number of hydrogen-bond acceptors (Lipinski definition) is 3. The van der Waals surface area contributed by atoms with Gasteiger partial charge in [0.25, 0.3) is 0 Å². The standard InChI is InChI=1S/C14H24N2S/c1-12-6-4-3-5-9-16(12)11-14-8-7-13(17-14)10-15-2/h7-8,12,15H,3-6,9-11H2,1-2H3. The van der Waals surface area contributed by atoms with Crippen molar-refractivity contribution in [3.63, 3.8) is 0 Å². The van der Waals surface area contributed by atoms with E-state index >= 15 is 0 Å². The molecular formula is C14H24N2S. The third-order valence-electron chi connectivity index (χ3n) is 3.62. The zero-order valence-corrected chi connectivity index (χ0v) is 11.9. The molecule has 1 fully saturated rings. The summed E-state index contributed by atoms with van der Waals surface area (Å²) >= 11 is 1.96. The Kier molecular flexibility index (Phi) is 5.01. The molecular weight excluding hydrogens is 228 g/mol. The highest BCUT2D eigenvalue weighted by atomic mass is 32.1.